The molecular formula is C28H23N3O2S2. The second kappa shape index (κ2) is 9.26. The molecule has 1 aliphatic rings. The summed E-state index contributed by atoms with van der Waals surface area (Å²) in [5.74, 6) is 1.32. The Labute approximate surface area is 211 Å². The summed E-state index contributed by atoms with van der Waals surface area (Å²) >= 11 is 3.35. The average molecular weight is 498 g/mol. The van der Waals surface area contributed by atoms with E-state index in [-0.39, 0.29) is 5.91 Å². The number of hydrogen-bond acceptors (Lipinski definition) is 6. The summed E-state index contributed by atoms with van der Waals surface area (Å²) in [6.45, 7) is 1.89. The second-order valence-electron chi connectivity index (χ2n) is 8.58. The number of ether oxygens (including phenoxy) is 1. The van der Waals surface area contributed by atoms with E-state index in [0.717, 1.165) is 51.0 Å². The number of nitrogens with zero attached hydrogens (tertiary/aromatic N) is 2. The molecule has 0 spiro atoms. The molecule has 1 amide bonds. The summed E-state index contributed by atoms with van der Waals surface area (Å²) in [4.78, 5) is 21.8. The third-order valence-electron chi connectivity index (χ3n) is 6.08. The summed E-state index contributed by atoms with van der Waals surface area (Å²) in [6, 6.07) is 25.0. The summed E-state index contributed by atoms with van der Waals surface area (Å²) in [7, 11) is 2.14. The number of thiophene rings is 1. The molecule has 0 bridgehead atoms. The lowest BCUT2D eigenvalue weighted by molar-refractivity contribution is 0.102. The van der Waals surface area contributed by atoms with Crippen molar-refractivity contribution in [3.63, 3.8) is 0 Å². The summed E-state index contributed by atoms with van der Waals surface area (Å²) in [5.41, 5.74) is 3.97. The number of benzene rings is 3. The molecule has 1 aliphatic heterocycles. The van der Waals surface area contributed by atoms with Gasteiger partial charge in [-0.15, -0.1) is 22.7 Å². The number of carbonyl (C=O) groups excluding carboxylic acids is 1. The molecule has 2 aromatic heterocycles. The van der Waals surface area contributed by atoms with Crippen molar-refractivity contribution in [3.05, 3.63) is 94.9 Å². The largest absolute Gasteiger partial charge is 0.457 e. The van der Waals surface area contributed by atoms with Crippen LogP contribution in [-0.2, 0) is 13.0 Å². The van der Waals surface area contributed by atoms with Gasteiger partial charge in [-0.05, 0) is 67.6 Å². The maximum Gasteiger partial charge on any atom is 0.256 e. The number of fused-ring (bicyclic) bond motifs is 2. The van der Waals surface area contributed by atoms with Crippen LogP contribution in [0.15, 0.2) is 78.9 Å². The highest BCUT2D eigenvalue weighted by Gasteiger charge is 2.27. The third-order valence-corrected chi connectivity index (χ3v) is 8.26. The molecule has 3 aromatic carbocycles. The number of nitrogens with one attached hydrogen (secondary N) is 1. The molecule has 0 unspecified atom stereocenters. The molecule has 5 nitrogen and oxygen atoms in total. The van der Waals surface area contributed by atoms with Crippen LogP contribution in [0.25, 0.3) is 20.8 Å². The fourth-order valence-corrected chi connectivity index (χ4v) is 6.73. The SMILES string of the molecule is CN1CCc2c(sc(NC(=O)c3ccc(Oc4ccccc4)cc3)c2-c2nc3ccccc3s2)C1. The molecule has 6 rings (SSSR count). The highest BCUT2D eigenvalue weighted by Crippen LogP contribution is 2.45. The Morgan fingerprint density at radius 2 is 1.69 bits per heavy atom. The van der Waals surface area contributed by atoms with Crippen LogP contribution < -0.4 is 10.1 Å². The van der Waals surface area contributed by atoms with Crippen LogP contribution >= 0.6 is 22.7 Å². The van der Waals surface area contributed by atoms with Crippen LogP contribution in [0.3, 0.4) is 0 Å². The maximum absolute atomic E-state index is 13.2. The van der Waals surface area contributed by atoms with Crippen molar-refractivity contribution in [2.45, 2.75) is 13.0 Å². The number of hydrogen-bond donors (Lipinski definition) is 1. The molecule has 7 heteroatoms. The number of amides is 1. The molecule has 1 N–H and O–H groups in total. The van der Waals surface area contributed by atoms with Crippen LogP contribution in [0, 0.1) is 0 Å². The van der Waals surface area contributed by atoms with Crippen molar-refractivity contribution in [1.29, 1.82) is 0 Å². The average Bonchev–Trinajstić information content (AvgIpc) is 3.45. The van der Waals surface area contributed by atoms with Crippen molar-refractivity contribution in [3.8, 4) is 22.1 Å². The van der Waals surface area contributed by atoms with Gasteiger partial charge in [0.15, 0.2) is 0 Å². The Kier molecular flexibility index (Phi) is 5.82. The predicted octanol–water partition coefficient (Wildman–Crippen LogP) is 7.06. The minimum absolute atomic E-state index is 0.134. The minimum Gasteiger partial charge on any atom is -0.457 e. The molecule has 3 heterocycles. The summed E-state index contributed by atoms with van der Waals surface area (Å²) in [6.07, 6.45) is 0.953. The Morgan fingerprint density at radius 3 is 2.49 bits per heavy atom. The van der Waals surface area contributed by atoms with Gasteiger partial charge in [-0.25, -0.2) is 4.98 Å². The van der Waals surface area contributed by atoms with Gasteiger partial charge in [0.25, 0.3) is 5.91 Å². The van der Waals surface area contributed by atoms with Gasteiger partial charge in [0.05, 0.1) is 10.2 Å². The van der Waals surface area contributed by atoms with Gasteiger partial charge < -0.3 is 15.0 Å². The van der Waals surface area contributed by atoms with E-state index in [1.165, 1.54) is 10.4 Å². The zero-order chi connectivity index (χ0) is 23.8. The molecule has 0 saturated heterocycles. The van der Waals surface area contributed by atoms with Crippen molar-refractivity contribution in [2.75, 3.05) is 18.9 Å². The van der Waals surface area contributed by atoms with Gasteiger partial charge in [0.2, 0.25) is 0 Å². The lowest BCUT2D eigenvalue weighted by Gasteiger charge is -2.22. The first-order valence-electron chi connectivity index (χ1n) is 11.5. The lowest BCUT2D eigenvalue weighted by atomic mass is 10.0. The molecule has 35 heavy (non-hydrogen) atoms. The molecule has 0 atom stereocenters. The van der Waals surface area contributed by atoms with Crippen molar-refractivity contribution in [1.82, 2.24) is 9.88 Å². The van der Waals surface area contributed by atoms with Crippen LogP contribution in [0.5, 0.6) is 11.5 Å². The number of anilines is 1. The third kappa shape index (κ3) is 4.46. The molecular weight excluding hydrogens is 474 g/mol. The van der Waals surface area contributed by atoms with Gasteiger partial charge in [-0.2, -0.15) is 0 Å². The minimum atomic E-state index is -0.134. The van der Waals surface area contributed by atoms with E-state index in [4.69, 9.17) is 9.72 Å². The van der Waals surface area contributed by atoms with Crippen molar-refractivity contribution >= 4 is 43.8 Å². The molecule has 0 radical (unpaired) electrons. The first-order chi connectivity index (χ1) is 17.1. The van der Waals surface area contributed by atoms with Crippen LogP contribution in [-0.4, -0.2) is 29.4 Å². The topological polar surface area (TPSA) is 54.5 Å². The Morgan fingerprint density at radius 1 is 0.943 bits per heavy atom. The van der Waals surface area contributed by atoms with Crippen molar-refractivity contribution in [2.24, 2.45) is 0 Å². The normalized spacial score (nSPS) is 13.5. The summed E-state index contributed by atoms with van der Waals surface area (Å²) in [5, 5.41) is 5.04. The molecule has 0 fully saturated rings. The number of thiazole rings is 1. The quantitative estimate of drug-likeness (QED) is 0.282. The van der Waals surface area contributed by atoms with Gasteiger partial charge in [-0.3, -0.25) is 4.79 Å². The zero-order valence-electron chi connectivity index (χ0n) is 19.2. The molecule has 5 aromatic rings. The molecule has 174 valence electrons. The Balaban J connectivity index is 1.30. The van der Waals surface area contributed by atoms with Gasteiger partial charge in [0, 0.05) is 29.1 Å². The lowest BCUT2D eigenvalue weighted by Crippen LogP contribution is -2.25. The number of rotatable bonds is 5. The fourth-order valence-electron chi connectivity index (χ4n) is 4.30. The van der Waals surface area contributed by atoms with Crippen LogP contribution in [0.1, 0.15) is 20.8 Å². The standard InChI is InChI=1S/C28H23N3O2S2/c1-31-16-15-21-24(17-31)35-28(25(21)27-29-22-9-5-6-10-23(22)34-27)30-26(32)18-11-13-20(14-12-18)33-19-7-3-2-4-8-19/h2-14H,15-17H2,1H3,(H,30,32). The number of likely N-dealkylation sites (N-methyl/N-ethyl adjacent to an activating group) is 1. The molecule has 0 aliphatic carbocycles. The monoisotopic (exact) mass is 497 g/mol. The first kappa shape index (κ1) is 22.0. The number of aromatic nitrogens is 1. The van der Waals surface area contributed by atoms with E-state index in [1.807, 2.05) is 60.7 Å². The smallest absolute Gasteiger partial charge is 0.256 e. The van der Waals surface area contributed by atoms with E-state index in [2.05, 4.69) is 23.3 Å². The van der Waals surface area contributed by atoms with Gasteiger partial charge in [0.1, 0.15) is 21.5 Å². The first-order valence-corrected chi connectivity index (χ1v) is 13.1. The van der Waals surface area contributed by atoms with Gasteiger partial charge >= 0.3 is 0 Å². The molecule has 0 saturated carbocycles. The van der Waals surface area contributed by atoms with E-state index in [9.17, 15) is 4.79 Å². The number of para-hydroxylation sites is 2. The van der Waals surface area contributed by atoms with Gasteiger partial charge in [-0.1, -0.05) is 30.3 Å². The zero-order valence-corrected chi connectivity index (χ0v) is 20.8. The van der Waals surface area contributed by atoms with E-state index < -0.39 is 0 Å². The van der Waals surface area contributed by atoms with Crippen LogP contribution in [0.4, 0.5) is 5.00 Å². The van der Waals surface area contributed by atoms with E-state index in [0.29, 0.717) is 11.3 Å². The Hall–Kier alpha value is -3.52. The van der Waals surface area contributed by atoms with E-state index >= 15 is 0 Å². The van der Waals surface area contributed by atoms with Crippen molar-refractivity contribution < 1.29 is 9.53 Å². The number of carbonyl (C=O) groups is 1. The fraction of sp³-hybridized carbons (Fsp3) is 0.143. The highest BCUT2D eigenvalue weighted by atomic mass is 32.1. The highest BCUT2D eigenvalue weighted by molar-refractivity contribution is 7.23. The Bertz CT molecular complexity index is 1470. The summed E-state index contributed by atoms with van der Waals surface area (Å²) < 4.78 is 7.02. The maximum atomic E-state index is 13.2. The second-order valence-corrected chi connectivity index (χ2v) is 10.7. The van der Waals surface area contributed by atoms with E-state index in [1.54, 1.807) is 34.8 Å². The predicted molar refractivity (Wildman–Crippen MR) is 144 cm³/mol. The van der Waals surface area contributed by atoms with Crippen LogP contribution in [0.2, 0.25) is 0 Å².